The lowest BCUT2D eigenvalue weighted by Crippen LogP contribution is -2.30. The quantitative estimate of drug-likeness (QED) is 0.330. The summed E-state index contributed by atoms with van der Waals surface area (Å²) in [5, 5.41) is 0. The van der Waals surface area contributed by atoms with Crippen molar-refractivity contribution in [1.82, 2.24) is 0 Å². The molecule has 0 aliphatic rings. The van der Waals surface area contributed by atoms with Gasteiger partial charge in [-0.05, 0) is 33.1 Å². The maximum atomic E-state index is 12.8. The Bertz CT molecular complexity index is 358. The van der Waals surface area contributed by atoms with Crippen LogP contribution >= 0.6 is 7.60 Å². The van der Waals surface area contributed by atoms with Gasteiger partial charge >= 0.3 is 13.6 Å². The third-order valence-electron chi connectivity index (χ3n) is 3.09. The van der Waals surface area contributed by atoms with E-state index in [4.69, 9.17) is 13.8 Å². The Morgan fingerprint density at radius 2 is 1.62 bits per heavy atom. The van der Waals surface area contributed by atoms with Crippen LogP contribution in [0.15, 0.2) is 0 Å². The number of carbonyl (C=O) groups is 2. The fourth-order valence-electron chi connectivity index (χ4n) is 1.91. The minimum atomic E-state index is -3.66. The van der Waals surface area contributed by atoms with Gasteiger partial charge in [0.1, 0.15) is 6.29 Å². The van der Waals surface area contributed by atoms with Crippen molar-refractivity contribution in [2.24, 2.45) is 11.8 Å². The summed E-state index contributed by atoms with van der Waals surface area (Å²) in [6.45, 7) is 9.23. The Hall–Kier alpha value is -0.710. The van der Waals surface area contributed by atoms with Gasteiger partial charge in [-0.2, -0.15) is 0 Å². The molecule has 0 rings (SSSR count). The van der Waals surface area contributed by atoms with E-state index in [2.05, 4.69) is 0 Å². The van der Waals surface area contributed by atoms with Crippen molar-refractivity contribution in [2.45, 2.75) is 46.7 Å². The zero-order valence-corrected chi connectivity index (χ0v) is 14.4. The first-order chi connectivity index (χ1) is 9.86. The van der Waals surface area contributed by atoms with Gasteiger partial charge in [0.05, 0.1) is 19.8 Å². The summed E-state index contributed by atoms with van der Waals surface area (Å²) in [7, 11) is -3.66. The van der Waals surface area contributed by atoms with Gasteiger partial charge in [0, 0.05) is 5.92 Å². The minimum absolute atomic E-state index is 0.0242. The highest BCUT2D eigenvalue weighted by molar-refractivity contribution is 7.55. The summed E-state index contributed by atoms with van der Waals surface area (Å²) in [4.78, 5) is 23.3. The monoisotopic (exact) mass is 322 g/mol. The van der Waals surface area contributed by atoms with E-state index in [1.54, 1.807) is 20.8 Å². The van der Waals surface area contributed by atoms with E-state index in [0.29, 0.717) is 0 Å². The van der Waals surface area contributed by atoms with Crippen molar-refractivity contribution in [2.75, 3.05) is 19.8 Å². The van der Waals surface area contributed by atoms with Crippen molar-refractivity contribution >= 4 is 19.9 Å². The molecule has 0 saturated carbocycles. The molecule has 0 aromatic carbocycles. The first-order valence-electron chi connectivity index (χ1n) is 7.36. The van der Waals surface area contributed by atoms with Crippen LogP contribution < -0.4 is 0 Å². The molecule has 0 spiro atoms. The average molecular weight is 322 g/mol. The van der Waals surface area contributed by atoms with Gasteiger partial charge < -0.3 is 18.6 Å². The molecule has 0 aliphatic carbocycles. The van der Waals surface area contributed by atoms with Gasteiger partial charge in [-0.25, -0.2) is 0 Å². The first kappa shape index (κ1) is 20.3. The van der Waals surface area contributed by atoms with E-state index in [-0.39, 0.29) is 32.2 Å². The van der Waals surface area contributed by atoms with Crippen LogP contribution in [-0.4, -0.2) is 37.7 Å². The van der Waals surface area contributed by atoms with Crippen molar-refractivity contribution in [1.29, 1.82) is 0 Å². The molecule has 2 atom stereocenters. The third-order valence-corrected chi connectivity index (χ3v) is 5.51. The van der Waals surface area contributed by atoms with Gasteiger partial charge in [0.15, 0.2) is 5.66 Å². The van der Waals surface area contributed by atoms with Crippen LogP contribution in [0.2, 0.25) is 0 Å². The molecule has 6 nitrogen and oxygen atoms in total. The molecule has 7 heteroatoms. The predicted molar refractivity (Wildman–Crippen MR) is 80.3 cm³/mol. The highest BCUT2D eigenvalue weighted by Gasteiger charge is 2.43. The molecule has 0 N–H and O–H groups in total. The van der Waals surface area contributed by atoms with Crippen molar-refractivity contribution in [3.8, 4) is 0 Å². The molecule has 0 aromatic rings. The Labute approximate surface area is 127 Å². The molecule has 124 valence electrons. The van der Waals surface area contributed by atoms with Crippen LogP contribution in [0.5, 0.6) is 0 Å². The van der Waals surface area contributed by atoms with Gasteiger partial charge in [-0.15, -0.1) is 0 Å². The smallest absolute Gasteiger partial charge is 0.344 e. The second-order valence-electron chi connectivity index (χ2n) is 4.92. The molecule has 0 fully saturated rings. The van der Waals surface area contributed by atoms with Crippen LogP contribution in [0.4, 0.5) is 0 Å². The summed E-state index contributed by atoms with van der Waals surface area (Å²) in [5.41, 5.74) is -1.07. The van der Waals surface area contributed by atoms with Crippen LogP contribution in [0.1, 0.15) is 41.0 Å². The summed E-state index contributed by atoms with van der Waals surface area (Å²) in [6, 6.07) is 0. The lowest BCUT2D eigenvalue weighted by Gasteiger charge is -2.27. The van der Waals surface area contributed by atoms with E-state index in [1.807, 2.05) is 13.8 Å². The SMILES string of the molecule is CCOC(=O)C(C[C@@H](C=O)C(C)C)P(=O)(OCC)OCC. The number of hydrogen-bond donors (Lipinski definition) is 0. The Kier molecular flexibility index (Phi) is 9.75. The van der Waals surface area contributed by atoms with E-state index >= 15 is 0 Å². The van der Waals surface area contributed by atoms with Crippen molar-refractivity contribution in [3.63, 3.8) is 0 Å². The summed E-state index contributed by atoms with van der Waals surface area (Å²) in [6.07, 6.45) is 0.871. The first-order valence-corrected chi connectivity index (χ1v) is 8.98. The number of carbonyl (C=O) groups excluding carboxylic acids is 2. The fourth-order valence-corrected chi connectivity index (χ4v) is 3.90. The Morgan fingerprint density at radius 1 is 1.10 bits per heavy atom. The standard InChI is InChI=1S/C14H27O6P/c1-6-18-14(16)13(9-12(10-15)11(4)5)21(17,19-7-2)20-8-3/h10-13H,6-9H2,1-5H3/t12-,13?/m0/s1. The van der Waals surface area contributed by atoms with E-state index in [0.717, 1.165) is 6.29 Å². The molecular weight excluding hydrogens is 295 g/mol. The molecule has 0 saturated heterocycles. The maximum Gasteiger partial charge on any atom is 0.344 e. The molecule has 0 heterocycles. The molecule has 0 radical (unpaired) electrons. The van der Waals surface area contributed by atoms with Crippen molar-refractivity contribution in [3.05, 3.63) is 0 Å². The normalized spacial score (nSPS) is 14.8. The summed E-state index contributed by atoms with van der Waals surface area (Å²) >= 11 is 0. The zero-order chi connectivity index (χ0) is 16.5. The van der Waals surface area contributed by atoms with Crippen LogP contribution in [0, 0.1) is 11.8 Å². The second-order valence-corrected chi connectivity index (χ2v) is 7.14. The molecule has 0 aliphatic heterocycles. The van der Waals surface area contributed by atoms with E-state index in [1.165, 1.54) is 0 Å². The van der Waals surface area contributed by atoms with Crippen LogP contribution in [0.3, 0.4) is 0 Å². The number of esters is 1. The lowest BCUT2D eigenvalue weighted by atomic mass is 9.92. The maximum absolute atomic E-state index is 12.8. The van der Waals surface area contributed by atoms with Crippen LogP contribution in [-0.2, 0) is 27.9 Å². The molecular formula is C14H27O6P. The molecule has 0 amide bonds. The lowest BCUT2D eigenvalue weighted by molar-refractivity contribution is -0.143. The third kappa shape index (κ3) is 6.29. The van der Waals surface area contributed by atoms with Crippen molar-refractivity contribution < 1.29 is 27.9 Å². The second kappa shape index (κ2) is 10.1. The molecule has 1 unspecified atom stereocenters. The van der Waals surface area contributed by atoms with Crippen LogP contribution in [0.25, 0.3) is 0 Å². The molecule has 0 bridgehead atoms. The molecule has 0 aromatic heterocycles. The fraction of sp³-hybridized carbons (Fsp3) is 0.857. The largest absolute Gasteiger partial charge is 0.465 e. The Morgan fingerprint density at radius 3 is 1.95 bits per heavy atom. The highest BCUT2D eigenvalue weighted by atomic mass is 31.2. The van der Waals surface area contributed by atoms with E-state index < -0.39 is 25.1 Å². The topological polar surface area (TPSA) is 78.9 Å². The van der Waals surface area contributed by atoms with Gasteiger partial charge in [-0.3, -0.25) is 9.36 Å². The van der Waals surface area contributed by atoms with E-state index in [9.17, 15) is 14.2 Å². The van der Waals surface area contributed by atoms with Gasteiger partial charge in [-0.1, -0.05) is 13.8 Å². The number of aldehydes is 1. The predicted octanol–water partition coefficient (Wildman–Crippen LogP) is 3.05. The number of hydrogen-bond acceptors (Lipinski definition) is 6. The summed E-state index contributed by atoms with van der Waals surface area (Å²) in [5.74, 6) is -1.03. The van der Waals surface area contributed by atoms with Gasteiger partial charge in [0.2, 0.25) is 0 Å². The number of rotatable bonds is 11. The highest BCUT2D eigenvalue weighted by Crippen LogP contribution is 2.55. The zero-order valence-electron chi connectivity index (χ0n) is 13.5. The van der Waals surface area contributed by atoms with Gasteiger partial charge in [0.25, 0.3) is 0 Å². The number of ether oxygens (including phenoxy) is 1. The summed E-state index contributed by atoms with van der Waals surface area (Å²) < 4.78 is 28.3. The minimum Gasteiger partial charge on any atom is -0.465 e. The average Bonchev–Trinajstić information content (AvgIpc) is 2.39. The molecule has 21 heavy (non-hydrogen) atoms. The Balaban J connectivity index is 5.41.